The second-order valence-corrected chi connectivity index (χ2v) is 7.33. The van der Waals surface area contributed by atoms with Crippen molar-refractivity contribution in [3.8, 4) is 0 Å². The van der Waals surface area contributed by atoms with Crippen LogP contribution in [0.3, 0.4) is 0 Å². The van der Waals surface area contributed by atoms with E-state index in [1.54, 1.807) is 5.57 Å². The Kier molecular flexibility index (Phi) is 19.7. The van der Waals surface area contributed by atoms with Crippen LogP contribution in [0.2, 0.25) is 0 Å². The van der Waals surface area contributed by atoms with Gasteiger partial charge in [-0.2, -0.15) is 0 Å². The molecule has 0 radical (unpaired) electrons. The summed E-state index contributed by atoms with van der Waals surface area (Å²) in [6, 6.07) is 0. The molecule has 0 saturated heterocycles. The van der Waals surface area contributed by atoms with Crippen LogP contribution in [-0.2, 0) is 0 Å². The zero-order valence-electron chi connectivity index (χ0n) is 18.0. The Balaban J connectivity index is 0. The molecule has 0 saturated carbocycles. The lowest BCUT2D eigenvalue weighted by Crippen LogP contribution is -1.91. The first kappa shape index (κ1) is 25.5. The molecule has 0 fully saturated rings. The SMILES string of the molecule is C=C(C)CCC/C(=C/C(C)CC)CC.CCCCC=CC(C)CC. The second kappa shape index (κ2) is 18.6. The summed E-state index contributed by atoms with van der Waals surface area (Å²) < 4.78 is 0. The third-order valence-electron chi connectivity index (χ3n) is 4.55. The van der Waals surface area contributed by atoms with Crippen molar-refractivity contribution in [2.45, 2.75) is 106 Å². The zero-order valence-corrected chi connectivity index (χ0v) is 18.0. The van der Waals surface area contributed by atoms with Crippen LogP contribution >= 0.6 is 0 Å². The third-order valence-corrected chi connectivity index (χ3v) is 4.55. The Morgan fingerprint density at radius 1 is 0.917 bits per heavy atom. The fourth-order valence-corrected chi connectivity index (χ4v) is 2.30. The van der Waals surface area contributed by atoms with E-state index in [2.05, 4.69) is 73.3 Å². The van der Waals surface area contributed by atoms with Crippen molar-refractivity contribution in [1.82, 2.24) is 0 Å². The van der Waals surface area contributed by atoms with Crippen molar-refractivity contribution in [2.24, 2.45) is 11.8 Å². The van der Waals surface area contributed by atoms with Crippen molar-refractivity contribution in [3.05, 3.63) is 36.0 Å². The first-order valence-corrected chi connectivity index (χ1v) is 10.4. The highest BCUT2D eigenvalue weighted by Gasteiger charge is 1.99. The topological polar surface area (TPSA) is 0 Å². The monoisotopic (exact) mass is 334 g/mol. The Morgan fingerprint density at radius 3 is 2.00 bits per heavy atom. The van der Waals surface area contributed by atoms with Crippen LogP contribution in [0.25, 0.3) is 0 Å². The molecule has 0 rings (SSSR count). The molecule has 24 heavy (non-hydrogen) atoms. The van der Waals surface area contributed by atoms with Crippen LogP contribution in [-0.4, -0.2) is 0 Å². The van der Waals surface area contributed by atoms with Gasteiger partial charge in [-0.15, -0.1) is 6.58 Å². The summed E-state index contributed by atoms with van der Waals surface area (Å²) in [5.41, 5.74) is 2.93. The van der Waals surface area contributed by atoms with Crippen molar-refractivity contribution >= 4 is 0 Å². The molecule has 2 unspecified atom stereocenters. The zero-order chi connectivity index (χ0) is 18.8. The second-order valence-electron chi connectivity index (χ2n) is 7.33. The molecule has 0 N–H and O–H groups in total. The largest absolute Gasteiger partial charge is 0.100 e. The highest BCUT2D eigenvalue weighted by atomic mass is 14.0. The quantitative estimate of drug-likeness (QED) is 0.247. The van der Waals surface area contributed by atoms with Gasteiger partial charge >= 0.3 is 0 Å². The van der Waals surface area contributed by atoms with Crippen LogP contribution in [0, 0.1) is 11.8 Å². The molecule has 0 spiro atoms. The van der Waals surface area contributed by atoms with Gasteiger partial charge in [0.25, 0.3) is 0 Å². The van der Waals surface area contributed by atoms with Crippen molar-refractivity contribution in [1.29, 1.82) is 0 Å². The third kappa shape index (κ3) is 19.3. The molecular formula is C24H46. The van der Waals surface area contributed by atoms with E-state index in [-0.39, 0.29) is 0 Å². The Labute approximate surface area is 154 Å². The molecule has 0 heteroatoms. The van der Waals surface area contributed by atoms with E-state index in [9.17, 15) is 0 Å². The van der Waals surface area contributed by atoms with Gasteiger partial charge in [0.2, 0.25) is 0 Å². The minimum Gasteiger partial charge on any atom is -0.100 e. The molecule has 0 aromatic rings. The van der Waals surface area contributed by atoms with Crippen LogP contribution in [0.15, 0.2) is 36.0 Å². The summed E-state index contributed by atoms with van der Waals surface area (Å²) in [6.07, 6.45) is 18.5. The van der Waals surface area contributed by atoms with Gasteiger partial charge in [0, 0.05) is 0 Å². The highest BCUT2D eigenvalue weighted by molar-refractivity contribution is 5.04. The normalized spacial score (nSPS) is 14.2. The van der Waals surface area contributed by atoms with Gasteiger partial charge < -0.3 is 0 Å². The van der Waals surface area contributed by atoms with Gasteiger partial charge in [0.05, 0.1) is 0 Å². The fraction of sp³-hybridized carbons (Fsp3) is 0.750. The van der Waals surface area contributed by atoms with E-state index in [4.69, 9.17) is 0 Å². The average Bonchev–Trinajstić information content (AvgIpc) is 2.57. The predicted molar refractivity (Wildman–Crippen MR) is 115 cm³/mol. The number of allylic oxidation sites excluding steroid dienone is 5. The molecule has 0 bridgehead atoms. The summed E-state index contributed by atoms with van der Waals surface area (Å²) >= 11 is 0. The summed E-state index contributed by atoms with van der Waals surface area (Å²) in [7, 11) is 0. The number of hydrogen-bond acceptors (Lipinski definition) is 0. The minimum atomic E-state index is 0.745. The van der Waals surface area contributed by atoms with Gasteiger partial charge in [0.1, 0.15) is 0 Å². The van der Waals surface area contributed by atoms with E-state index in [0.717, 1.165) is 11.8 Å². The lowest BCUT2D eigenvalue weighted by Gasteiger charge is -2.08. The van der Waals surface area contributed by atoms with Crippen molar-refractivity contribution in [2.75, 3.05) is 0 Å². The molecule has 0 aliphatic rings. The highest BCUT2D eigenvalue weighted by Crippen LogP contribution is 2.17. The Hall–Kier alpha value is -0.780. The standard InChI is InChI=1S/C14H26.C10H20/c1-6-13(5)11-14(7-2)10-8-9-12(3)4;1-4-6-7-8-9-10(3)5-2/h11,13H,3,6-10H2,1-2,4-5H3;8-10H,4-7H2,1-3H3/b14-11+;. The predicted octanol–water partition coefficient (Wildman–Crippen LogP) is 8.89. The lowest BCUT2D eigenvalue weighted by atomic mass is 9.98. The summed E-state index contributed by atoms with van der Waals surface area (Å²) in [5, 5.41) is 0. The van der Waals surface area contributed by atoms with Gasteiger partial charge in [-0.1, -0.05) is 96.6 Å². The minimum absolute atomic E-state index is 0.745. The maximum Gasteiger partial charge on any atom is -0.0262 e. The van der Waals surface area contributed by atoms with Crippen molar-refractivity contribution in [3.63, 3.8) is 0 Å². The molecule has 0 aromatic carbocycles. The summed E-state index contributed by atoms with van der Waals surface area (Å²) in [5.74, 6) is 1.52. The first-order chi connectivity index (χ1) is 11.4. The van der Waals surface area contributed by atoms with Crippen LogP contribution in [0.1, 0.15) is 106 Å². The average molecular weight is 335 g/mol. The van der Waals surface area contributed by atoms with Gasteiger partial charge in [-0.25, -0.2) is 0 Å². The molecule has 0 aliphatic heterocycles. The van der Waals surface area contributed by atoms with Gasteiger partial charge in [-0.3, -0.25) is 0 Å². The molecule has 0 nitrogen and oxygen atoms in total. The van der Waals surface area contributed by atoms with Crippen LogP contribution in [0.4, 0.5) is 0 Å². The summed E-state index contributed by atoms with van der Waals surface area (Å²) in [4.78, 5) is 0. The molecule has 0 aromatic heterocycles. The smallest absolute Gasteiger partial charge is 0.0262 e. The van der Waals surface area contributed by atoms with Gasteiger partial charge in [-0.05, 0) is 50.9 Å². The molecule has 2 atom stereocenters. The molecule has 0 amide bonds. The first-order valence-electron chi connectivity index (χ1n) is 10.4. The van der Waals surface area contributed by atoms with E-state index >= 15 is 0 Å². The lowest BCUT2D eigenvalue weighted by molar-refractivity contribution is 0.675. The number of rotatable bonds is 12. The molecule has 142 valence electrons. The Bertz CT molecular complexity index is 332. The Morgan fingerprint density at radius 2 is 1.54 bits per heavy atom. The van der Waals surface area contributed by atoms with E-state index in [1.165, 1.54) is 63.4 Å². The maximum absolute atomic E-state index is 3.94. The van der Waals surface area contributed by atoms with Gasteiger partial charge in [0.15, 0.2) is 0 Å². The van der Waals surface area contributed by atoms with Crippen LogP contribution < -0.4 is 0 Å². The molecule has 0 heterocycles. The molecule has 0 aliphatic carbocycles. The van der Waals surface area contributed by atoms with Crippen LogP contribution in [0.5, 0.6) is 0 Å². The van der Waals surface area contributed by atoms with Crippen molar-refractivity contribution < 1.29 is 0 Å². The number of hydrogen-bond donors (Lipinski definition) is 0. The number of unbranched alkanes of at least 4 members (excludes halogenated alkanes) is 2. The molecular weight excluding hydrogens is 288 g/mol. The van der Waals surface area contributed by atoms with E-state index in [1.807, 2.05) is 0 Å². The fourth-order valence-electron chi connectivity index (χ4n) is 2.30. The maximum atomic E-state index is 3.94. The summed E-state index contributed by atoms with van der Waals surface area (Å²) in [6.45, 7) is 19.6. The van der Waals surface area contributed by atoms with E-state index < -0.39 is 0 Å². The van der Waals surface area contributed by atoms with E-state index in [0.29, 0.717) is 0 Å².